The second kappa shape index (κ2) is 17.2. The van der Waals surface area contributed by atoms with Crippen molar-refractivity contribution in [3.63, 3.8) is 0 Å². The highest BCUT2D eigenvalue weighted by Gasteiger charge is 2.43. The van der Waals surface area contributed by atoms with Crippen LogP contribution in [0.4, 0.5) is 0 Å². The van der Waals surface area contributed by atoms with E-state index in [9.17, 15) is 0 Å². The normalized spacial score (nSPS) is 22.4. The molecule has 2 heterocycles. The lowest BCUT2D eigenvalue weighted by atomic mass is 9.87. The van der Waals surface area contributed by atoms with Crippen molar-refractivity contribution in [1.82, 2.24) is 0 Å². The Morgan fingerprint density at radius 1 is 0.491 bits per heavy atom. The molecule has 9 nitrogen and oxygen atoms in total. The van der Waals surface area contributed by atoms with Crippen LogP contribution < -0.4 is 23.7 Å². The highest BCUT2D eigenvalue weighted by molar-refractivity contribution is 9.09. The molecule has 2 aliphatic heterocycles. The minimum Gasteiger partial charge on any atom is -0.493 e. The van der Waals surface area contributed by atoms with E-state index in [0.717, 1.165) is 23.2 Å². The number of benzene rings is 3. The van der Waals surface area contributed by atoms with Gasteiger partial charge in [-0.15, -0.1) is 0 Å². The first kappa shape index (κ1) is 41.1. The Kier molecular flexibility index (Phi) is 13.3. The van der Waals surface area contributed by atoms with Gasteiger partial charge in [-0.3, -0.25) is 0 Å². The number of halogens is 1. The Bertz CT molecular complexity index is 1480. The van der Waals surface area contributed by atoms with E-state index in [1.807, 2.05) is 70.2 Å². The molecule has 0 N–H and O–H groups in total. The molecule has 292 valence electrons. The fourth-order valence-corrected chi connectivity index (χ4v) is 6.47. The molecule has 2 aliphatic rings. The Morgan fingerprint density at radius 2 is 0.792 bits per heavy atom. The summed E-state index contributed by atoms with van der Waals surface area (Å²) < 4.78 is 56.1. The van der Waals surface area contributed by atoms with Crippen molar-refractivity contribution < 1.29 is 42.6 Å². The SMILES string of the molecule is CC1(C)O[C@@H](COc2ccc(C(C)(C)C)cc2)[C@H](COc2cc(OCCCBr)cc(OC[C@@H]3OC(C)(C)O[C@H]3COc3ccc(C(C)(C)C)cc3)c2)O1. The highest BCUT2D eigenvalue weighted by Crippen LogP contribution is 2.34. The molecule has 5 rings (SSSR count). The van der Waals surface area contributed by atoms with Gasteiger partial charge in [0.25, 0.3) is 0 Å². The van der Waals surface area contributed by atoms with E-state index in [2.05, 4.69) is 81.7 Å². The van der Waals surface area contributed by atoms with Crippen molar-refractivity contribution in [2.24, 2.45) is 0 Å². The lowest BCUT2D eigenvalue weighted by Gasteiger charge is -2.21. The van der Waals surface area contributed by atoms with Crippen molar-refractivity contribution in [1.29, 1.82) is 0 Å². The van der Waals surface area contributed by atoms with Gasteiger partial charge in [-0.25, -0.2) is 0 Å². The first-order chi connectivity index (χ1) is 24.9. The lowest BCUT2D eigenvalue weighted by Crippen LogP contribution is -2.34. The van der Waals surface area contributed by atoms with Gasteiger partial charge in [-0.1, -0.05) is 81.7 Å². The molecule has 0 amide bonds. The first-order valence-electron chi connectivity index (χ1n) is 18.7. The Labute approximate surface area is 325 Å². The molecule has 0 spiro atoms. The van der Waals surface area contributed by atoms with Crippen LogP contribution in [0.15, 0.2) is 66.7 Å². The van der Waals surface area contributed by atoms with Gasteiger partial charge < -0.3 is 42.6 Å². The third-order valence-electron chi connectivity index (χ3n) is 9.07. The third-order valence-corrected chi connectivity index (χ3v) is 9.63. The topological polar surface area (TPSA) is 83.1 Å². The van der Waals surface area contributed by atoms with Crippen LogP contribution in [0.3, 0.4) is 0 Å². The first-order valence-corrected chi connectivity index (χ1v) is 19.8. The summed E-state index contributed by atoms with van der Waals surface area (Å²) in [5.74, 6) is 1.83. The van der Waals surface area contributed by atoms with E-state index in [0.29, 0.717) is 37.1 Å². The van der Waals surface area contributed by atoms with E-state index in [1.54, 1.807) is 0 Å². The zero-order valence-electron chi connectivity index (χ0n) is 33.2. The van der Waals surface area contributed by atoms with Gasteiger partial charge in [-0.2, -0.15) is 0 Å². The van der Waals surface area contributed by atoms with Crippen LogP contribution in [-0.4, -0.2) is 74.4 Å². The van der Waals surface area contributed by atoms with Crippen LogP contribution in [0, 0.1) is 0 Å². The summed E-state index contributed by atoms with van der Waals surface area (Å²) in [6, 6.07) is 22.0. The van der Waals surface area contributed by atoms with Crippen LogP contribution in [0.1, 0.15) is 86.8 Å². The smallest absolute Gasteiger partial charge is 0.164 e. The second-order valence-corrected chi connectivity index (χ2v) is 17.5. The molecular weight excluding hydrogens is 740 g/mol. The van der Waals surface area contributed by atoms with Gasteiger partial charge in [0.2, 0.25) is 0 Å². The Balaban J connectivity index is 1.22. The van der Waals surface area contributed by atoms with Gasteiger partial charge in [0, 0.05) is 23.5 Å². The van der Waals surface area contributed by atoms with E-state index in [1.165, 1.54) is 11.1 Å². The van der Waals surface area contributed by atoms with Crippen LogP contribution in [0.5, 0.6) is 28.7 Å². The molecule has 0 aromatic heterocycles. The molecule has 0 unspecified atom stereocenters. The second-order valence-electron chi connectivity index (χ2n) is 16.7. The number of ether oxygens (including phenoxy) is 9. The molecule has 2 fully saturated rings. The maximum absolute atomic E-state index is 6.34. The predicted octanol–water partition coefficient (Wildman–Crippen LogP) is 9.40. The Hall–Kier alpha value is -3.02. The zero-order chi connectivity index (χ0) is 38.4. The van der Waals surface area contributed by atoms with E-state index < -0.39 is 11.6 Å². The van der Waals surface area contributed by atoms with Crippen LogP contribution in [-0.2, 0) is 29.8 Å². The van der Waals surface area contributed by atoms with Crippen LogP contribution in [0.25, 0.3) is 0 Å². The number of hydrogen-bond donors (Lipinski definition) is 0. The largest absolute Gasteiger partial charge is 0.493 e. The molecule has 0 aliphatic carbocycles. The number of alkyl halides is 1. The van der Waals surface area contributed by atoms with E-state index in [-0.39, 0.29) is 48.5 Å². The van der Waals surface area contributed by atoms with Gasteiger partial charge in [0.05, 0.1) is 6.61 Å². The summed E-state index contributed by atoms with van der Waals surface area (Å²) in [4.78, 5) is 0. The van der Waals surface area contributed by atoms with Crippen molar-refractivity contribution in [2.75, 3.05) is 38.4 Å². The fourth-order valence-electron chi connectivity index (χ4n) is 6.24. The molecular formula is C43H59BrO9. The fraction of sp³-hybridized carbons (Fsp3) is 0.581. The van der Waals surface area contributed by atoms with Crippen molar-refractivity contribution in [3.05, 3.63) is 77.9 Å². The molecule has 3 aromatic carbocycles. The van der Waals surface area contributed by atoms with Gasteiger partial charge in [-0.05, 0) is 80.3 Å². The van der Waals surface area contributed by atoms with Crippen molar-refractivity contribution in [3.8, 4) is 28.7 Å². The van der Waals surface area contributed by atoms with Crippen molar-refractivity contribution >= 4 is 15.9 Å². The summed E-state index contributed by atoms with van der Waals surface area (Å²) in [6.07, 6.45) is -0.539. The van der Waals surface area contributed by atoms with E-state index >= 15 is 0 Å². The standard InChI is InChI=1S/C43H59BrO9/c1-40(2,3)29-12-16-31(17-13-29)46-25-36-38(52-42(7,8)50-36)27-48-34-22-33(45-21-11-20-44)23-35(24-34)49-28-39-37(51-43(9,10)53-39)26-47-32-18-14-30(15-19-32)41(4,5)6/h12-19,22-24,36-39H,11,20-21,25-28H2,1-10H3/t36-,37-,38-,39-/m0/s1. The van der Waals surface area contributed by atoms with Gasteiger partial charge in [0.15, 0.2) is 11.6 Å². The molecule has 2 saturated heterocycles. The molecule has 0 saturated carbocycles. The lowest BCUT2D eigenvalue weighted by molar-refractivity contribution is -0.150. The minimum atomic E-state index is -0.777. The van der Waals surface area contributed by atoms with Gasteiger partial charge in [0.1, 0.15) is 79.6 Å². The van der Waals surface area contributed by atoms with E-state index in [4.69, 9.17) is 42.6 Å². The molecule has 3 aromatic rings. The highest BCUT2D eigenvalue weighted by atomic mass is 79.9. The maximum atomic E-state index is 6.34. The quantitative estimate of drug-likeness (QED) is 0.104. The number of rotatable bonds is 16. The summed E-state index contributed by atoms with van der Waals surface area (Å²) in [5.41, 5.74) is 2.64. The van der Waals surface area contributed by atoms with Crippen LogP contribution in [0.2, 0.25) is 0 Å². The molecule has 4 atom stereocenters. The van der Waals surface area contributed by atoms with Crippen molar-refractivity contribution in [2.45, 2.75) is 122 Å². The molecule has 0 bridgehead atoms. The third kappa shape index (κ3) is 12.2. The Morgan fingerprint density at radius 3 is 1.09 bits per heavy atom. The monoisotopic (exact) mass is 798 g/mol. The summed E-state index contributed by atoms with van der Waals surface area (Å²) in [6.45, 7) is 22.5. The number of hydrogen-bond acceptors (Lipinski definition) is 9. The molecule has 10 heteroatoms. The predicted molar refractivity (Wildman–Crippen MR) is 210 cm³/mol. The molecule has 0 radical (unpaired) electrons. The summed E-state index contributed by atoms with van der Waals surface area (Å²) >= 11 is 3.48. The van der Waals surface area contributed by atoms with Gasteiger partial charge >= 0.3 is 0 Å². The minimum absolute atomic E-state index is 0.0707. The molecule has 53 heavy (non-hydrogen) atoms. The average molecular weight is 800 g/mol. The summed E-state index contributed by atoms with van der Waals surface area (Å²) in [7, 11) is 0. The average Bonchev–Trinajstić information content (AvgIpc) is 3.56. The maximum Gasteiger partial charge on any atom is 0.164 e. The van der Waals surface area contributed by atoms with Crippen LogP contribution >= 0.6 is 15.9 Å². The summed E-state index contributed by atoms with van der Waals surface area (Å²) in [5, 5.41) is 0.838. The zero-order valence-corrected chi connectivity index (χ0v) is 34.7.